The van der Waals surface area contributed by atoms with Crippen molar-refractivity contribution in [2.75, 3.05) is 19.1 Å². The van der Waals surface area contributed by atoms with Gasteiger partial charge in [-0.2, -0.15) is 0 Å². The van der Waals surface area contributed by atoms with Gasteiger partial charge in [-0.25, -0.2) is 9.29 Å². The standard InChI is InChI=1S/C21H19FN2O6/c1-29-12-7-8-13(14(9-12)30-2)17-15-16(18(23-17)21(27)28)20(26)24(19(15)25)11-5-3-10(22)4-6-11/h3-9,15-18,23H,1-2H3,(H,27,28)/t15-,16-,17-,18-/m0/s1. The Kier molecular flexibility index (Phi) is 4.90. The third-order valence-corrected chi connectivity index (χ3v) is 5.60. The quantitative estimate of drug-likeness (QED) is 0.718. The van der Waals surface area contributed by atoms with Crippen LogP contribution in [-0.4, -0.2) is 43.2 Å². The van der Waals surface area contributed by atoms with Crippen LogP contribution in [0.3, 0.4) is 0 Å². The number of carboxylic acid groups (broad SMARTS) is 1. The first-order chi connectivity index (χ1) is 14.4. The Labute approximate surface area is 171 Å². The summed E-state index contributed by atoms with van der Waals surface area (Å²) in [4.78, 5) is 39.2. The molecular formula is C21H19FN2O6. The Balaban J connectivity index is 1.79. The normalized spacial score (nSPS) is 25.4. The van der Waals surface area contributed by atoms with Crippen molar-refractivity contribution in [3.05, 3.63) is 53.8 Å². The second kappa shape index (κ2) is 7.42. The summed E-state index contributed by atoms with van der Waals surface area (Å²) in [5, 5.41) is 12.6. The molecule has 9 heteroatoms. The van der Waals surface area contributed by atoms with Crippen molar-refractivity contribution in [3.8, 4) is 11.5 Å². The predicted molar refractivity (Wildman–Crippen MR) is 103 cm³/mol. The highest BCUT2D eigenvalue weighted by molar-refractivity contribution is 6.23. The van der Waals surface area contributed by atoms with Gasteiger partial charge in [0.2, 0.25) is 11.8 Å². The second-order valence-electron chi connectivity index (χ2n) is 7.11. The number of methoxy groups -OCH3 is 2. The number of nitrogens with zero attached hydrogens (tertiary/aromatic N) is 1. The number of hydrogen-bond acceptors (Lipinski definition) is 6. The van der Waals surface area contributed by atoms with Crippen molar-refractivity contribution >= 4 is 23.5 Å². The topological polar surface area (TPSA) is 105 Å². The SMILES string of the molecule is COc1ccc([C@@H]2N[C@H](C(=O)O)[C@H]3C(=O)N(c4ccc(F)cc4)C(=O)[C@@H]32)c(OC)c1. The first-order valence-corrected chi connectivity index (χ1v) is 9.21. The number of benzene rings is 2. The molecule has 8 nitrogen and oxygen atoms in total. The van der Waals surface area contributed by atoms with E-state index in [9.17, 15) is 23.9 Å². The van der Waals surface area contributed by atoms with Crippen molar-refractivity contribution in [1.82, 2.24) is 5.32 Å². The van der Waals surface area contributed by atoms with E-state index in [0.717, 1.165) is 17.0 Å². The fraction of sp³-hybridized carbons (Fsp3) is 0.286. The lowest BCUT2D eigenvalue weighted by Crippen LogP contribution is -2.43. The summed E-state index contributed by atoms with van der Waals surface area (Å²) in [6.45, 7) is 0. The van der Waals surface area contributed by atoms with Gasteiger partial charge in [0, 0.05) is 17.7 Å². The average molecular weight is 414 g/mol. The first kappa shape index (κ1) is 19.8. The third kappa shape index (κ3) is 2.98. The lowest BCUT2D eigenvalue weighted by Gasteiger charge is -2.23. The molecule has 0 spiro atoms. The van der Waals surface area contributed by atoms with E-state index < -0.39 is 47.5 Å². The van der Waals surface area contributed by atoms with E-state index in [2.05, 4.69) is 5.32 Å². The Morgan fingerprint density at radius 1 is 1.03 bits per heavy atom. The van der Waals surface area contributed by atoms with Gasteiger partial charge < -0.3 is 14.6 Å². The Morgan fingerprint density at radius 3 is 2.30 bits per heavy atom. The predicted octanol–water partition coefficient (Wildman–Crippen LogP) is 1.75. The minimum Gasteiger partial charge on any atom is -0.497 e. The van der Waals surface area contributed by atoms with Crippen LogP contribution in [0.2, 0.25) is 0 Å². The summed E-state index contributed by atoms with van der Waals surface area (Å²) >= 11 is 0. The molecule has 2 aromatic rings. The molecule has 0 bridgehead atoms. The number of ether oxygens (including phenoxy) is 2. The fourth-order valence-corrected chi connectivity index (χ4v) is 4.24. The number of halogens is 1. The van der Waals surface area contributed by atoms with Gasteiger partial charge in [-0.15, -0.1) is 0 Å². The number of carbonyl (C=O) groups is 3. The number of carboxylic acids is 1. The Bertz CT molecular complexity index is 1020. The number of aliphatic carboxylic acids is 1. The first-order valence-electron chi connectivity index (χ1n) is 9.21. The van der Waals surface area contributed by atoms with E-state index >= 15 is 0 Å². The molecule has 2 aliphatic heterocycles. The summed E-state index contributed by atoms with van der Waals surface area (Å²) < 4.78 is 23.9. The molecule has 2 N–H and O–H groups in total. The molecule has 4 atom stereocenters. The number of anilines is 1. The maximum Gasteiger partial charge on any atom is 0.321 e. The molecule has 156 valence electrons. The van der Waals surface area contributed by atoms with Gasteiger partial charge in [0.1, 0.15) is 23.4 Å². The van der Waals surface area contributed by atoms with E-state index in [1.54, 1.807) is 18.2 Å². The Hall–Kier alpha value is -3.46. The molecular weight excluding hydrogens is 395 g/mol. The van der Waals surface area contributed by atoms with Crippen LogP contribution in [0, 0.1) is 17.7 Å². The van der Waals surface area contributed by atoms with Gasteiger partial charge in [-0.05, 0) is 30.3 Å². The van der Waals surface area contributed by atoms with Gasteiger partial charge in [0.25, 0.3) is 0 Å². The van der Waals surface area contributed by atoms with Crippen LogP contribution in [0.15, 0.2) is 42.5 Å². The highest BCUT2D eigenvalue weighted by atomic mass is 19.1. The zero-order valence-corrected chi connectivity index (χ0v) is 16.2. The maximum absolute atomic E-state index is 13.3. The second-order valence-corrected chi connectivity index (χ2v) is 7.11. The van der Waals surface area contributed by atoms with E-state index in [4.69, 9.17) is 9.47 Å². The molecule has 2 heterocycles. The lowest BCUT2D eigenvalue weighted by atomic mass is 9.86. The van der Waals surface area contributed by atoms with Gasteiger partial charge in [0.15, 0.2) is 0 Å². The van der Waals surface area contributed by atoms with Crippen LogP contribution in [-0.2, 0) is 14.4 Å². The van der Waals surface area contributed by atoms with Crippen LogP contribution < -0.4 is 19.7 Å². The fourth-order valence-electron chi connectivity index (χ4n) is 4.24. The van der Waals surface area contributed by atoms with Crippen LogP contribution in [0.1, 0.15) is 11.6 Å². The number of carbonyl (C=O) groups excluding carboxylic acids is 2. The van der Waals surface area contributed by atoms with Crippen LogP contribution >= 0.6 is 0 Å². The van der Waals surface area contributed by atoms with E-state index in [1.807, 2.05) is 0 Å². The molecule has 0 radical (unpaired) electrons. The van der Waals surface area contributed by atoms with Gasteiger partial charge in [0.05, 0.1) is 31.7 Å². The summed E-state index contributed by atoms with van der Waals surface area (Å²) in [6, 6.07) is 7.86. The zero-order chi connectivity index (χ0) is 21.6. The number of hydrogen-bond donors (Lipinski definition) is 2. The summed E-state index contributed by atoms with van der Waals surface area (Å²) in [7, 11) is 2.95. The minimum atomic E-state index is -1.26. The molecule has 0 saturated carbocycles. The molecule has 30 heavy (non-hydrogen) atoms. The summed E-state index contributed by atoms with van der Waals surface area (Å²) in [6.07, 6.45) is 0. The molecule has 4 rings (SSSR count). The molecule has 2 fully saturated rings. The lowest BCUT2D eigenvalue weighted by molar-refractivity contribution is -0.142. The molecule has 0 aliphatic carbocycles. The smallest absolute Gasteiger partial charge is 0.321 e. The van der Waals surface area contributed by atoms with Gasteiger partial charge >= 0.3 is 5.97 Å². The van der Waals surface area contributed by atoms with Crippen molar-refractivity contribution in [1.29, 1.82) is 0 Å². The molecule has 2 amide bonds. The van der Waals surface area contributed by atoms with Crippen molar-refractivity contribution in [2.24, 2.45) is 11.8 Å². The summed E-state index contributed by atoms with van der Waals surface area (Å²) in [5.74, 6) is -4.05. The average Bonchev–Trinajstić information content (AvgIpc) is 3.25. The Morgan fingerprint density at radius 2 is 1.70 bits per heavy atom. The minimum absolute atomic E-state index is 0.199. The number of fused-ring (bicyclic) bond motifs is 1. The number of imide groups is 1. The van der Waals surface area contributed by atoms with Crippen molar-refractivity contribution < 1.29 is 33.4 Å². The molecule has 2 aromatic carbocycles. The van der Waals surface area contributed by atoms with Crippen molar-refractivity contribution in [3.63, 3.8) is 0 Å². The van der Waals surface area contributed by atoms with E-state index in [1.165, 1.54) is 26.4 Å². The summed E-state index contributed by atoms with van der Waals surface area (Å²) in [5.41, 5.74) is 0.740. The van der Waals surface area contributed by atoms with Crippen LogP contribution in [0.5, 0.6) is 11.5 Å². The molecule has 2 aliphatic rings. The highest BCUT2D eigenvalue weighted by Crippen LogP contribution is 2.47. The maximum atomic E-state index is 13.3. The highest BCUT2D eigenvalue weighted by Gasteiger charge is 2.61. The van der Waals surface area contributed by atoms with Crippen LogP contribution in [0.25, 0.3) is 0 Å². The molecule has 0 aromatic heterocycles. The molecule has 0 unspecified atom stereocenters. The van der Waals surface area contributed by atoms with Crippen molar-refractivity contribution in [2.45, 2.75) is 12.1 Å². The third-order valence-electron chi connectivity index (χ3n) is 5.60. The van der Waals surface area contributed by atoms with E-state index in [-0.39, 0.29) is 5.69 Å². The van der Waals surface area contributed by atoms with Gasteiger partial charge in [-0.1, -0.05) is 6.07 Å². The number of rotatable bonds is 5. The number of nitrogens with one attached hydrogen (secondary N) is 1. The monoisotopic (exact) mass is 414 g/mol. The largest absolute Gasteiger partial charge is 0.497 e. The molecule has 2 saturated heterocycles. The van der Waals surface area contributed by atoms with E-state index in [0.29, 0.717) is 17.1 Å². The van der Waals surface area contributed by atoms with Crippen LogP contribution in [0.4, 0.5) is 10.1 Å². The zero-order valence-electron chi connectivity index (χ0n) is 16.2. The van der Waals surface area contributed by atoms with Gasteiger partial charge in [-0.3, -0.25) is 19.7 Å². The number of amides is 2.